The molecule has 19 heavy (non-hydrogen) atoms. The molecule has 0 saturated carbocycles. The van der Waals surface area contributed by atoms with Crippen LogP contribution in [0.25, 0.3) is 11.0 Å². The Morgan fingerprint density at radius 3 is 3.00 bits per heavy atom. The second-order valence-electron chi connectivity index (χ2n) is 4.66. The lowest BCUT2D eigenvalue weighted by Crippen LogP contribution is -2.35. The van der Waals surface area contributed by atoms with Crippen LogP contribution in [-0.4, -0.2) is 33.1 Å². The minimum Gasteiger partial charge on any atom is -0.478 e. The van der Waals surface area contributed by atoms with Gasteiger partial charge in [0, 0.05) is 13.0 Å². The number of nitrogens with one attached hydrogen (secondary N) is 1. The fourth-order valence-electron chi connectivity index (χ4n) is 2.41. The molecule has 1 aromatic carbocycles. The zero-order valence-electron chi connectivity index (χ0n) is 10.2. The first kappa shape index (κ1) is 11.7. The van der Waals surface area contributed by atoms with Gasteiger partial charge < -0.3 is 15.0 Å². The molecule has 98 valence electrons. The summed E-state index contributed by atoms with van der Waals surface area (Å²) in [5.41, 5.74) is 1.80. The number of hydrogen-bond donors (Lipinski definition) is 2. The van der Waals surface area contributed by atoms with Crippen LogP contribution in [0, 0.1) is 0 Å². The summed E-state index contributed by atoms with van der Waals surface area (Å²) in [6, 6.07) is 5.01. The van der Waals surface area contributed by atoms with Gasteiger partial charge in [-0.3, -0.25) is 4.79 Å². The van der Waals surface area contributed by atoms with Crippen molar-refractivity contribution in [3.8, 4) is 0 Å². The van der Waals surface area contributed by atoms with Crippen LogP contribution in [0.3, 0.4) is 0 Å². The Bertz CT molecular complexity index is 652. The van der Waals surface area contributed by atoms with Gasteiger partial charge in [0.2, 0.25) is 5.91 Å². The van der Waals surface area contributed by atoms with E-state index in [0.717, 1.165) is 17.5 Å². The zero-order valence-corrected chi connectivity index (χ0v) is 10.2. The van der Waals surface area contributed by atoms with E-state index in [4.69, 9.17) is 5.11 Å². The number of piperidine rings is 1. The highest BCUT2D eigenvalue weighted by Gasteiger charge is 2.21. The molecule has 1 amide bonds. The van der Waals surface area contributed by atoms with Crippen LogP contribution in [0.1, 0.15) is 29.2 Å². The number of carboxylic acids is 1. The van der Waals surface area contributed by atoms with Gasteiger partial charge in [0.1, 0.15) is 0 Å². The summed E-state index contributed by atoms with van der Waals surface area (Å²) in [5.74, 6) is -0.890. The van der Waals surface area contributed by atoms with E-state index < -0.39 is 5.97 Å². The van der Waals surface area contributed by atoms with Crippen molar-refractivity contribution in [3.05, 3.63) is 30.1 Å². The molecular weight excluding hydrogens is 246 g/mol. The Labute approximate surface area is 109 Å². The molecule has 1 aliphatic rings. The minimum absolute atomic E-state index is 0.0619. The van der Waals surface area contributed by atoms with Crippen molar-refractivity contribution in [2.45, 2.75) is 18.9 Å². The smallest absolute Gasteiger partial charge is 0.335 e. The first-order valence-corrected chi connectivity index (χ1v) is 6.12. The van der Waals surface area contributed by atoms with E-state index >= 15 is 0 Å². The van der Waals surface area contributed by atoms with Crippen molar-refractivity contribution < 1.29 is 14.7 Å². The van der Waals surface area contributed by atoms with Gasteiger partial charge in [-0.1, -0.05) is 0 Å². The number of imidazole rings is 1. The van der Waals surface area contributed by atoms with Crippen LogP contribution in [0.5, 0.6) is 0 Å². The second-order valence-corrected chi connectivity index (χ2v) is 4.66. The van der Waals surface area contributed by atoms with Crippen LogP contribution in [0.15, 0.2) is 24.5 Å². The van der Waals surface area contributed by atoms with Crippen molar-refractivity contribution in [1.82, 2.24) is 14.9 Å². The average molecular weight is 259 g/mol. The summed E-state index contributed by atoms with van der Waals surface area (Å²) in [7, 11) is 0. The van der Waals surface area contributed by atoms with Gasteiger partial charge >= 0.3 is 5.97 Å². The maximum absolute atomic E-state index is 11.2. The Kier molecular flexibility index (Phi) is 2.70. The maximum Gasteiger partial charge on any atom is 0.335 e. The van der Waals surface area contributed by atoms with Crippen LogP contribution in [0.2, 0.25) is 0 Å². The number of carboxylic acid groups (broad SMARTS) is 1. The monoisotopic (exact) mass is 259 g/mol. The molecule has 6 heteroatoms. The highest BCUT2D eigenvalue weighted by atomic mass is 16.4. The van der Waals surface area contributed by atoms with E-state index in [-0.39, 0.29) is 17.5 Å². The van der Waals surface area contributed by atoms with E-state index in [1.165, 1.54) is 0 Å². The lowest BCUT2D eigenvalue weighted by molar-refractivity contribution is -0.122. The molecule has 2 heterocycles. The van der Waals surface area contributed by atoms with E-state index in [9.17, 15) is 9.59 Å². The third-order valence-electron chi connectivity index (χ3n) is 3.45. The predicted molar refractivity (Wildman–Crippen MR) is 68.0 cm³/mol. The van der Waals surface area contributed by atoms with Crippen molar-refractivity contribution >= 4 is 22.9 Å². The summed E-state index contributed by atoms with van der Waals surface area (Å²) < 4.78 is 1.95. The lowest BCUT2D eigenvalue weighted by atomic mass is 10.1. The summed E-state index contributed by atoms with van der Waals surface area (Å²) in [4.78, 5) is 26.5. The van der Waals surface area contributed by atoms with Crippen LogP contribution < -0.4 is 5.32 Å². The van der Waals surface area contributed by atoms with Gasteiger partial charge in [-0.05, 0) is 24.6 Å². The number of amides is 1. The number of aromatic nitrogens is 2. The Morgan fingerprint density at radius 1 is 1.47 bits per heavy atom. The molecule has 0 radical (unpaired) electrons. The Hall–Kier alpha value is -2.37. The van der Waals surface area contributed by atoms with E-state index in [1.807, 2.05) is 4.57 Å². The number of fused-ring (bicyclic) bond motifs is 1. The molecule has 1 aliphatic heterocycles. The summed E-state index contributed by atoms with van der Waals surface area (Å²) in [5, 5.41) is 11.8. The number of carbonyl (C=O) groups is 2. The normalized spacial score (nSPS) is 19.4. The average Bonchev–Trinajstić information content (AvgIpc) is 2.82. The zero-order chi connectivity index (χ0) is 13.4. The van der Waals surface area contributed by atoms with Gasteiger partial charge in [-0.2, -0.15) is 0 Å². The van der Waals surface area contributed by atoms with Gasteiger partial charge in [0.25, 0.3) is 0 Å². The molecule has 2 N–H and O–H groups in total. The van der Waals surface area contributed by atoms with E-state index in [2.05, 4.69) is 10.3 Å². The van der Waals surface area contributed by atoms with Crippen molar-refractivity contribution in [2.24, 2.45) is 0 Å². The number of benzene rings is 1. The van der Waals surface area contributed by atoms with Gasteiger partial charge in [0.05, 0.1) is 29.0 Å². The van der Waals surface area contributed by atoms with Crippen LogP contribution in [0.4, 0.5) is 0 Å². The molecule has 1 atom stereocenters. The van der Waals surface area contributed by atoms with Crippen molar-refractivity contribution in [1.29, 1.82) is 0 Å². The SMILES string of the molecule is O=C1CCC(n2cnc3ccc(C(=O)O)cc32)CN1. The molecular formula is C13H13N3O3. The number of aromatic carboxylic acids is 1. The molecule has 3 rings (SSSR count). The molecule has 1 saturated heterocycles. The number of rotatable bonds is 2. The van der Waals surface area contributed by atoms with Crippen molar-refractivity contribution in [2.75, 3.05) is 6.54 Å². The minimum atomic E-state index is -0.952. The highest BCUT2D eigenvalue weighted by molar-refractivity contribution is 5.92. The summed E-state index contributed by atoms with van der Waals surface area (Å²) in [6.45, 7) is 0.557. The first-order valence-electron chi connectivity index (χ1n) is 6.12. The predicted octanol–water partition coefficient (Wildman–Crippen LogP) is 1.19. The van der Waals surface area contributed by atoms with E-state index in [1.54, 1.807) is 24.5 Å². The summed E-state index contributed by atoms with van der Waals surface area (Å²) >= 11 is 0. The molecule has 1 fully saturated rings. The summed E-state index contributed by atoms with van der Waals surface area (Å²) in [6.07, 6.45) is 2.94. The molecule has 1 aromatic heterocycles. The lowest BCUT2D eigenvalue weighted by Gasteiger charge is -2.24. The quantitative estimate of drug-likeness (QED) is 0.848. The Morgan fingerprint density at radius 2 is 2.32 bits per heavy atom. The molecule has 0 aliphatic carbocycles. The van der Waals surface area contributed by atoms with E-state index in [0.29, 0.717) is 13.0 Å². The van der Waals surface area contributed by atoms with Crippen LogP contribution in [-0.2, 0) is 4.79 Å². The van der Waals surface area contributed by atoms with Gasteiger partial charge in [0.15, 0.2) is 0 Å². The maximum atomic E-state index is 11.2. The highest BCUT2D eigenvalue weighted by Crippen LogP contribution is 2.23. The standard InChI is InChI=1S/C13H13N3O3/c17-12-4-2-9(6-14-12)16-7-15-10-3-1-8(13(18)19)5-11(10)16/h1,3,5,7,9H,2,4,6H2,(H,14,17)(H,18,19). The Balaban J connectivity index is 2.01. The third kappa shape index (κ3) is 2.05. The van der Waals surface area contributed by atoms with Crippen molar-refractivity contribution in [3.63, 3.8) is 0 Å². The van der Waals surface area contributed by atoms with Gasteiger partial charge in [-0.15, -0.1) is 0 Å². The fraction of sp³-hybridized carbons (Fsp3) is 0.308. The number of carbonyl (C=O) groups excluding carboxylic acids is 1. The van der Waals surface area contributed by atoms with Crippen LogP contribution >= 0.6 is 0 Å². The molecule has 6 nitrogen and oxygen atoms in total. The first-order chi connectivity index (χ1) is 9.15. The molecule has 0 bridgehead atoms. The topological polar surface area (TPSA) is 84.2 Å². The van der Waals surface area contributed by atoms with Gasteiger partial charge in [-0.25, -0.2) is 9.78 Å². The molecule has 1 unspecified atom stereocenters. The number of hydrogen-bond acceptors (Lipinski definition) is 3. The fourth-order valence-corrected chi connectivity index (χ4v) is 2.41. The molecule has 0 spiro atoms. The number of nitrogens with zero attached hydrogens (tertiary/aromatic N) is 2. The largest absolute Gasteiger partial charge is 0.478 e. The second kappa shape index (κ2) is 4.38. The third-order valence-corrected chi connectivity index (χ3v) is 3.45. The molecule has 2 aromatic rings.